The van der Waals surface area contributed by atoms with E-state index in [2.05, 4.69) is 16.7 Å². The predicted molar refractivity (Wildman–Crippen MR) is 46.3 cm³/mol. The van der Waals surface area contributed by atoms with Crippen molar-refractivity contribution >= 4 is 11.8 Å². The van der Waals surface area contributed by atoms with E-state index >= 15 is 0 Å². The van der Waals surface area contributed by atoms with E-state index in [1.54, 1.807) is 0 Å². The molecule has 0 aliphatic carbocycles. The molecule has 0 aromatic heterocycles. The summed E-state index contributed by atoms with van der Waals surface area (Å²) in [6.07, 6.45) is 5.84. The highest BCUT2D eigenvalue weighted by molar-refractivity contribution is 7.99. The fourth-order valence-electron chi connectivity index (χ4n) is 1.96. The molecule has 1 nitrogen and oxygen atoms in total. The van der Waals surface area contributed by atoms with Crippen molar-refractivity contribution in [3.8, 4) is 0 Å². The average Bonchev–Trinajstić information content (AvgIpc) is 2.05. The molecule has 2 saturated heterocycles. The van der Waals surface area contributed by atoms with E-state index in [9.17, 15) is 0 Å². The van der Waals surface area contributed by atoms with Crippen molar-refractivity contribution in [1.29, 1.82) is 0 Å². The minimum atomic E-state index is 0.968. The van der Waals surface area contributed by atoms with E-state index in [0.717, 1.165) is 6.04 Å². The van der Waals surface area contributed by atoms with Crippen LogP contribution in [0.15, 0.2) is 0 Å². The van der Waals surface area contributed by atoms with Crippen molar-refractivity contribution in [2.24, 2.45) is 0 Å². The number of hydrogen-bond acceptors (Lipinski definition) is 2. The van der Waals surface area contributed by atoms with E-state index in [4.69, 9.17) is 0 Å². The van der Waals surface area contributed by atoms with Gasteiger partial charge in [0.15, 0.2) is 0 Å². The molecule has 58 valence electrons. The van der Waals surface area contributed by atoms with Gasteiger partial charge < -0.3 is 0 Å². The van der Waals surface area contributed by atoms with Gasteiger partial charge in [0, 0.05) is 11.9 Å². The summed E-state index contributed by atoms with van der Waals surface area (Å²) >= 11 is 2.11. The van der Waals surface area contributed by atoms with Gasteiger partial charge in [0.2, 0.25) is 0 Å². The second-order valence-electron chi connectivity index (χ2n) is 3.29. The van der Waals surface area contributed by atoms with Crippen LogP contribution in [0.3, 0.4) is 0 Å². The van der Waals surface area contributed by atoms with Crippen molar-refractivity contribution in [1.82, 2.24) is 4.90 Å². The predicted octanol–water partition coefficient (Wildman–Crippen LogP) is 1.94. The van der Waals surface area contributed by atoms with Crippen LogP contribution in [0.5, 0.6) is 0 Å². The standard InChI is InChI=1S/C8H15NS/c1-2-5-9-7-10-6-4-8(9)3-1/h8H,1-7H2/t8-/m1/s1. The molecule has 2 heteroatoms. The number of rotatable bonds is 0. The molecule has 0 amide bonds. The van der Waals surface area contributed by atoms with Crippen LogP contribution in [0.2, 0.25) is 0 Å². The SMILES string of the molecule is C1CCN2CSCC[C@H]2C1. The monoisotopic (exact) mass is 157 g/mol. The van der Waals surface area contributed by atoms with Crippen LogP contribution in [-0.4, -0.2) is 29.1 Å². The summed E-state index contributed by atoms with van der Waals surface area (Å²) in [5, 5.41) is 0. The molecule has 2 heterocycles. The van der Waals surface area contributed by atoms with Crippen LogP contribution in [0.1, 0.15) is 25.7 Å². The molecule has 2 aliphatic rings. The molecule has 0 aromatic carbocycles. The summed E-state index contributed by atoms with van der Waals surface area (Å²) in [6.45, 7) is 1.37. The third-order valence-electron chi connectivity index (χ3n) is 2.60. The highest BCUT2D eigenvalue weighted by Crippen LogP contribution is 2.27. The lowest BCUT2D eigenvalue weighted by Gasteiger charge is -2.38. The summed E-state index contributed by atoms with van der Waals surface area (Å²) in [5.74, 6) is 2.71. The first-order valence-electron chi connectivity index (χ1n) is 4.28. The number of hydrogen-bond donors (Lipinski definition) is 0. The van der Waals surface area contributed by atoms with Crippen LogP contribution in [-0.2, 0) is 0 Å². The second-order valence-corrected chi connectivity index (χ2v) is 4.36. The Labute approximate surface area is 67.2 Å². The van der Waals surface area contributed by atoms with Crippen molar-refractivity contribution in [2.45, 2.75) is 31.7 Å². The Bertz CT molecular complexity index is 89.8. The maximum Gasteiger partial charge on any atom is 0.0447 e. The Hall–Kier alpha value is 0.310. The molecule has 2 aliphatic heterocycles. The molecule has 10 heavy (non-hydrogen) atoms. The fraction of sp³-hybridized carbons (Fsp3) is 1.00. The van der Waals surface area contributed by atoms with Crippen molar-refractivity contribution in [3.05, 3.63) is 0 Å². The van der Waals surface area contributed by atoms with Gasteiger partial charge in [-0.15, -0.1) is 11.8 Å². The third-order valence-corrected chi connectivity index (χ3v) is 3.64. The lowest BCUT2D eigenvalue weighted by atomic mass is 10.0. The van der Waals surface area contributed by atoms with Gasteiger partial charge in [-0.2, -0.15) is 0 Å². The van der Waals surface area contributed by atoms with Gasteiger partial charge in [0.1, 0.15) is 0 Å². The fourth-order valence-corrected chi connectivity index (χ4v) is 3.10. The zero-order chi connectivity index (χ0) is 6.81. The Morgan fingerprint density at radius 2 is 2.20 bits per heavy atom. The highest BCUT2D eigenvalue weighted by atomic mass is 32.2. The number of fused-ring (bicyclic) bond motifs is 1. The van der Waals surface area contributed by atoms with Gasteiger partial charge >= 0.3 is 0 Å². The van der Waals surface area contributed by atoms with Gasteiger partial charge in [0.25, 0.3) is 0 Å². The number of nitrogens with zero attached hydrogens (tertiary/aromatic N) is 1. The summed E-state index contributed by atoms with van der Waals surface area (Å²) < 4.78 is 0. The average molecular weight is 157 g/mol. The van der Waals surface area contributed by atoms with E-state index in [-0.39, 0.29) is 0 Å². The second kappa shape index (κ2) is 3.14. The van der Waals surface area contributed by atoms with Crippen LogP contribution in [0.25, 0.3) is 0 Å². The molecule has 0 saturated carbocycles. The highest BCUT2D eigenvalue weighted by Gasteiger charge is 2.24. The number of piperidine rings is 1. The topological polar surface area (TPSA) is 3.24 Å². The number of thioether (sulfide) groups is 1. The van der Waals surface area contributed by atoms with Gasteiger partial charge in [0.05, 0.1) is 0 Å². The van der Waals surface area contributed by atoms with Gasteiger partial charge in [-0.25, -0.2) is 0 Å². The maximum atomic E-state index is 2.66. The van der Waals surface area contributed by atoms with Gasteiger partial charge in [-0.1, -0.05) is 6.42 Å². The molecule has 1 atom stereocenters. The molecule has 0 spiro atoms. The summed E-state index contributed by atoms with van der Waals surface area (Å²) in [5.41, 5.74) is 0. The minimum absolute atomic E-state index is 0.968. The van der Waals surface area contributed by atoms with Crippen molar-refractivity contribution < 1.29 is 0 Å². The van der Waals surface area contributed by atoms with Crippen LogP contribution in [0.4, 0.5) is 0 Å². The minimum Gasteiger partial charge on any atom is -0.291 e. The van der Waals surface area contributed by atoms with Crippen molar-refractivity contribution in [2.75, 3.05) is 18.2 Å². The Balaban J connectivity index is 1.93. The van der Waals surface area contributed by atoms with Crippen LogP contribution in [0, 0.1) is 0 Å². The van der Waals surface area contributed by atoms with Crippen LogP contribution >= 0.6 is 11.8 Å². The molecule has 0 aromatic rings. The molecule has 0 bridgehead atoms. The largest absolute Gasteiger partial charge is 0.291 e. The van der Waals surface area contributed by atoms with E-state index in [0.29, 0.717) is 0 Å². The summed E-state index contributed by atoms with van der Waals surface area (Å²) in [7, 11) is 0. The molecular weight excluding hydrogens is 142 g/mol. The first-order chi connectivity index (χ1) is 4.97. The van der Waals surface area contributed by atoms with Gasteiger partial charge in [-0.3, -0.25) is 4.90 Å². The third kappa shape index (κ3) is 1.32. The van der Waals surface area contributed by atoms with Crippen molar-refractivity contribution in [3.63, 3.8) is 0 Å². The molecule has 0 radical (unpaired) electrons. The lowest BCUT2D eigenvalue weighted by Crippen LogP contribution is -2.42. The quantitative estimate of drug-likeness (QED) is 0.528. The Morgan fingerprint density at radius 1 is 1.20 bits per heavy atom. The molecule has 2 rings (SSSR count). The van der Waals surface area contributed by atoms with Crippen LogP contribution < -0.4 is 0 Å². The molecule has 2 fully saturated rings. The van der Waals surface area contributed by atoms with Gasteiger partial charge in [-0.05, 0) is 31.6 Å². The molecule has 0 unspecified atom stereocenters. The maximum absolute atomic E-state index is 2.66. The normalized spacial score (nSPS) is 35.4. The van der Waals surface area contributed by atoms with E-state index < -0.39 is 0 Å². The Morgan fingerprint density at radius 3 is 3.10 bits per heavy atom. The zero-order valence-electron chi connectivity index (χ0n) is 6.38. The first-order valence-corrected chi connectivity index (χ1v) is 5.44. The summed E-state index contributed by atoms with van der Waals surface area (Å²) in [6, 6.07) is 0.968. The summed E-state index contributed by atoms with van der Waals surface area (Å²) in [4.78, 5) is 2.66. The smallest absolute Gasteiger partial charge is 0.0447 e. The zero-order valence-corrected chi connectivity index (χ0v) is 7.20. The van der Waals surface area contributed by atoms with E-state index in [1.165, 1.54) is 43.9 Å². The Kier molecular flexibility index (Phi) is 2.19. The lowest BCUT2D eigenvalue weighted by molar-refractivity contribution is 0.167. The van der Waals surface area contributed by atoms with E-state index in [1.807, 2.05) is 0 Å². The first kappa shape index (κ1) is 6.99. The molecular formula is C8H15NS. The molecule has 0 N–H and O–H groups in total.